The number of aliphatic hydroxyl groups excluding tert-OH is 1. The number of aliphatic hydroxyl groups is 1. The number of rotatable bonds is 5. The zero-order chi connectivity index (χ0) is 13.7. The van der Waals surface area contributed by atoms with Crippen molar-refractivity contribution in [2.75, 3.05) is 6.61 Å². The molecule has 1 aromatic rings. The zero-order valence-corrected chi connectivity index (χ0v) is 11.3. The highest BCUT2D eigenvalue weighted by Crippen LogP contribution is 2.25. The van der Waals surface area contributed by atoms with Crippen LogP contribution in [0.2, 0.25) is 0 Å². The number of carbonyl (C=O) groups excluding carboxylic acids is 1. The van der Waals surface area contributed by atoms with Gasteiger partial charge in [-0.3, -0.25) is 14.9 Å². The smallest absolute Gasteiger partial charge is 0.284 e. The van der Waals surface area contributed by atoms with E-state index >= 15 is 0 Å². The Bertz CT molecular complexity index is 460. The molecule has 0 fully saturated rings. The van der Waals surface area contributed by atoms with Crippen LogP contribution in [0.25, 0.3) is 0 Å². The standard InChI is InChI=1S/C11H13BrN2O4/c1-2-8(6-15)13-11(16)7-3-4-9(12)10(5-7)14(17)18/h3-5,8,15H,2,6H2,1H3,(H,13,16). The summed E-state index contributed by atoms with van der Waals surface area (Å²) in [6, 6.07) is 3.78. The Hall–Kier alpha value is -1.47. The Labute approximate surface area is 112 Å². The first-order chi connectivity index (χ1) is 8.49. The van der Waals surface area contributed by atoms with Crippen LogP contribution in [0.15, 0.2) is 22.7 Å². The van der Waals surface area contributed by atoms with Crippen LogP contribution < -0.4 is 5.32 Å². The molecule has 1 atom stereocenters. The van der Waals surface area contributed by atoms with Gasteiger partial charge >= 0.3 is 0 Å². The molecule has 0 aromatic heterocycles. The average Bonchev–Trinajstić information content (AvgIpc) is 2.35. The Morgan fingerprint density at radius 1 is 1.61 bits per heavy atom. The third-order valence-corrected chi connectivity index (χ3v) is 3.12. The maximum atomic E-state index is 11.8. The van der Waals surface area contributed by atoms with Crippen molar-refractivity contribution in [3.63, 3.8) is 0 Å². The fourth-order valence-corrected chi connectivity index (χ4v) is 1.73. The van der Waals surface area contributed by atoms with E-state index < -0.39 is 10.8 Å². The third-order valence-electron chi connectivity index (χ3n) is 2.45. The molecule has 0 saturated carbocycles. The van der Waals surface area contributed by atoms with Crippen LogP contribution in [0.5, 0.6) is 0 Å². The zero-order valence-electron chi connectivity index (χ0n) is 9.72. The van der Waals surface area contributed by atoms with Gasteiger partial charge in [-0.1, -0.05) is 6.92 Å². The number of amides is 1. The largest absolute Gasteiger partial charge is 0.394 e. The molecule has 0 bridgehead atoms. The number of nitrogens with one attached hydrogen (secondary N) is 1. The summed E-state index contributed by atoms with van der Waals surface area (Å²) < 4.78 is 0.318. The van der Waals surface area contributed by atoms with Crippen molar-refractivity contribution in [1.29, 1.82) is 0 Å². The number of nitro groups is 1. The lowest BCUT2D eigenvalue weighted by Crippen LogP contribution is -2.36. The average molecular weight is 317 g/mol. The minimum atomic E-state index is -0.565. The van der Waals surface area contributed by atoms with Gasteiger partial charge in [0.2, 0.25) is 0 Å². The second-order valence-corrected chi connectivity index (χ2v) is 4.54. The number of nitro benzene ring substituents is 1. The molecule has 98 valence electrons. The van der Waals surface area contributed by atoms with Crippen molar-refractivity contribution in [3.8, 4) is 0 Å². The van der Waals surface area contributed by atoms with E-state index in [0.29, 0.717) is 10.9 Å². The summed E-state index contributed by atoms with van der Waals surface area (Å²) >= 11 is 3.04. The first-order valence-electron chi connectivity index (χ1n) is 5.35. The van der Waals surface area contributed by atoms with Crippen LogP contribution in [-0.4, -0.2) is 28.6 Å². The van der Waals surface area contributed by atoms with Gasteiger partial charge in [0.25, 0.3) is 11.6 Å². The number of hydrogen-bond acceptors (Lipinski definition) is 4. The van der Waals surface area contributed by atoms with Crippen LogP contribution in [0.1, 0.15) is 23.7 Å². The first-order valence-corrected chi connectivity index (χ1v) is 6.14. The van der Waals surface area contributed by atoms with E-state index in [1.807, 2.05) is 6.92 Å². The number of benzene rings is 1. The first kappa shape index (κ1) is 14.6. The topological polar surface area (TPSA) is 92.5 Å². The van der Waals surface area contributed by atoms with Crippen LogP contribution in [0.4, 0.5) is 5.69 Å². The van der Waals surface area contributed by atoms with E-state index in [-0.39, 0.29) is 23.9 Å². The van der Waals surface area contributed by atoms with Crippen molar-refractivity contribution >= 4 is 27.5 Å². The molecule has 0 radical (unpaired) electrons. The van der Waals surface area contributed by atoms with Gasteiger partial charge in [0.05, 0.1) is 22.0 Å². The second-order valence-electron chi connectivity index (χ2n) is 3.68. The van der Waals surface area contributed by atoms with E-state index in [1.165, 1.54) is 18.2 Å². The minimum absolute atomic E-state index is 0.166. The molecule has 0 spiro atoms. The maximum absolute atomic E-state index is 11.8. The van der Waals surface area contributed by atoms with Crippen molar-refractivity contribution in [1.82, 2.24) is 5.32 Å². The Balaban J connectivity index is 2.93. The van der Waals surface area contributed by atoms with E-state index in [4.69, 9.17) is 5.11 Å². The lowest BCUT2D eigenvalue weighted by Gasteiger charge is -2.13. The van der Waals surface area contributed by atoms with Crippen LogP contribution >= 0.6 is 15.9 Å². The molecular weight excluding hydrogens is 304 g/mol. The lowest BCUT2D eigenvalue weighted by molar-refractivity contribution is -0.385. The van der Waals surface area contributed by atoms with E-state index in [9.17, 15) is 14.9 Å². The molecule has 18 heavy (non-hydrogen) atoms. The molecule has 0 heterocycles. The van der Waals surface area contributed by atoms with Gasteiger partial charge in [0.1, 0.15) is 0 Å². The van der Waals surface area contributed by atoms with E-state index in [1.54, 1.807) is 0 Å². The van der Waals surface area contributed by atoms with E-state index in [2.05, 4.69) is 21.2 Å². The molecule has 0 aliphatic heterocycles. The van der Waals surface area contributed by atoms with E-state index in [0.717, 1.165) is 0 Å². The molecule has 0 aliphatic carbocycles. The molecule has 1 amide bonds. The summed E-state index contributed by atoms with van der Waals surface area (Å²) in [6.07, 6.45) is 0.584. The van der Waals surface area contributed by atoms with Crippen molar-refractivity contribution in [2.45, 2.75) is 19.4 Å². The van der Waals surface area contributed by atoms with Crippen molar-refractivity contribution in [3.05, 3.63) is 38.3 Å². The minimum Gasteiger partial charge on any atom is -0.394 e. The predicted molar refractivity (Wildman–Crippen MR) is 69.4 cm³/mol. The molecular formula is C11H13BrN2O4. The molecule has 1 aromatic carbocycles. The number of carbonyl (C=O) groups is 1. The molecule has 0 saturated heterocycles. The lowest BCUT2D eigenvalue weighted by atomic mass is 10.1. The Kier molecular flexibility index (Phi) is 5.24. The summed E-state index contributed by atoms with van der Waals surface area (Å²) in [5.74, 6) is -0.438. The van der Waals surface area contributed by atoms with Crippen LogP contribution in [-0.2, 0) is 0 Å². The molecule has 0 aliphatic rings. The fraction of sp³-hybridized carbons (Fsp3) is 0.364. The number of nitrogens with zero attached hydrogens (tertiary/aromatic N) is 1. The van der Waals surface area contributed by atoms with Gasteiger partial charge in [0.15, 0.2) is 0 Å². The van der Waals surface area contributed by atoms with Crippen molar-refractivity contribution < 1.29 is 14.8 Å². The monoisotopic (exact) mass is 316 g/mol. The second kappa shape index (κ2) is 6.46. The highest BCUT2D eigenvalue weighted by molar-refractivity contribution is 9.10. The third kappa shape index (κ3) is 3.51. The van der Waals surface area contributed by atoms with Crippen molar-refractivity contribution in [2.24, 2.45) is 0 Å². The summed E-state index contributed by atoms with van der Waals surface area (Å²) in [7, 11) is 0. The highest BCUT2D eigenvalue weighted by Gasteiger charge is 2.17. The van der Waals surface area contributed by atoms with Gasteiger partial charge in [0, 0.05) is 11.6 Å². The predicted octanol–water partition coefficient (Wildman–Crippen LogP) is 1.86. The molecule has 7 heteroatoms. The summed E-state index contributed by atoms with van der Waals surface area (Å²) in [5.41, 5.74) is 0.0245. The van der Waals surface area contributed by atoms with Crippen LogP contribution in [0, 0.1) is 10.1 Å². The molecule has 1 rings (SSSR count). The maximum Gasteiger partial charge on any atom is 0.284 e. The normalized spacial score (nSPS) is 11.9. The quantitative estimate of drug-likeness (QED) is 0.640. The summed E-state index contributed by atoms with van der Waals surface area (Å²) in [6.45, 7) is 1.66. The van der Waals surface area contributed by atoms with Gasteiger partial charge < -0.3 is 10.4 Å². The molecule has 6 nitrogen and oxygen atoms in total. The van der Waals surface area contributed by atoms with Gasteiger partial charge in [-0.05, 0) is 34.5 Å². The van der Waals surface area contributed by atoms with Gasteiger partial charge in [-0.2, -0.15) is 0 Å². The SMILES string of the molecule is CCC(CO)NC(=O)c1ccc(Br)c([N+](=O)[O-])c1. The fourth-order valence-electron chi connectivity index (χ4n) is 1.34. The summed E-state index contributed by atoms with van der Waals surface area (Å²) in [4.78, 5) is 22.0. The Morgan fingerprint density at radius 3 is 2.78 bits per heavy atom. The highest BCUT2D eigenvalue weighted by atomic mass is 79.9. The molecule has 1 unspecified atom stereocenters. The number of halogens is 1. The van der Waals surface area contributed by atoms with Crippen LogP contribution in [0.3, 0.4) is 0 Å². The van der Waals surface area contributed by atoms with Gasteiger partial charge in [-0.25, -0.2) is 0 Å². The number of hydrogen-bond donors (Lipinski definition) is 2. The summed E-state index contributed by atoms with van der Waals surface area (Å²) in [5, 5.41) is 22.3. The molecule has 2 N–H and O–H groups in total. The Morgan fingerprint density at radius 2 is 2.28 bits per heavy atom. The van der Waals surface area contributed by atoms with Gasteiger partial charge in [-0.15, -0.1) is 0 Å².